The number of carbonyl (C=O) groups excluding carboxylic acids is 1. The van der Waals surface area contributed by atoms with Crippen molar-refractivity contribution in [2.24, 2.45) is 0 Å². The molecule has 0 bridgehead atoms. The van der Waals surface area contributed by atoms with Gasteiger partial charge in [-0.25, -0.2) is 14.2 Å². The van der Waals surface area contributed by atoms with Crippen LogP contribution in [-0.4, -0.2) is 22.6 Å². The molecule has 21 heavy (non-hydrogen) atoms. The molecule has 0 saturated heterocycles. The van der Waals surface area contributed by atoms with Crippen LogP contribution in [0.15, 0.2) is 30.7 Å². The highest BCUT2D eigenvalue weighted by Crippen LogP contribution is 2.40. The molecule has 1 atom stereocenters. The second kappa shape index (κ2) is 4.70. The van der Waals surface area contributed by atoms with E-state index >= 15 is 0 Å². The first kappa shape index (κ1) is 13.3. The van der Waals surface area contributed by atoms with Crippen LogP contribution in [0.5, 0.6) is 0 Å². The van der Waals surface area contributed by atoms with Gasteiger partial charge in [-0.2, -0.15) is 5.26 Å². The number of carbonyl (C=O) groups is 1. The largest absolute Gasteiger partial charge is 0.467 e. The van der Waals surface area contributed by atoms with Gasteiger partial charge >= 0.3 is 5.97 Å². The predicted octanol–water partition coefficient (Wildman–Crippen LogP) is 1.76. The van der Waals surface area contributed by atoms with Crippen molar-refractivity contribution in [3.63, 3.8) is 0 Å². The van der Waals surface area contributed by atoms with Crippen molar-refractivity contribution < 1.29 is 13.9 Å². The molecule has 5 nitrogen and oxygen atoms in total. The van der Waals surface area contributed by atoms with E-state index in [1.54, 1.807) is 17.1 Å². The third-order valence-electron chi connectivity index (χ3n) is 3.94. The third kappa shape index (κ3) is 1.74. The van der Waals surface area contributed by atoms with Gasteiger partial charge in [0.1, 0.15) is 5.82 Å². The van der Waals surface area contributed by atoms with Crippen molar-refractivity contribution in [3.8, 4) is 6.07 Å². The number of esters is 1. The van der Waals surface area contributed by atoms with Crippen LogP contribution in [0.1, 0.15) is 23.2 Å². The minimum absolute atomic E-state index is 0.127. The minimum atomic E-state index is -1.15. The average molecular weight is 285 g/mol. The summed E-state index contributed by atoms with van der Waals surface area (Å²) >= 11 is 0. The summed E-state index contributed by atoms with van der Waals surface area (Å²) in [6.07, 6.45) is 4.32. The number of aromatic nitrogens is 2. The number of hydrogen-bond acceptors (Lipinski definition) is 4. The van der Waals surface area contributed by atoms with Gasteiger partial charge in [-0.15, -0.1) is 0 Å². The standard InChI is InChI=1S/C15H12FN3O2/c1-21-14(20)15(5-4-12-8-18-9-19(12)15)13-3-2-11(16)6-10(13)7-17/h2-3,6,8-9H,4-5H2,1H3. The first-order valence-electron chi connectivity index (χ1n) is 6.43. The maximum Gasteiger partial charge on any atom is 0.336 e. The Morgan fingerprint density at radius 1 is 1.57 bits per heavy atom. The van der Waals surface area contributed by atoms with Crippen LogP contribution >= 0.6 is 0 Å². The summed E-state index contributed by atoms with van der Waals surface area (Å²) in [7, 11) is 1.30. The molecule has 2 heterocycles. The van der Waals surface area contributed by atoms with Crippen LogP contribution in [-0.2, 0) is 21.5 Å². The summed E-state index contributed by atoms with van der Waals surface area (Å²) in [5.74, 6) is -0.999. The molecule has 0 amide bonds. The summed E-state index contributed by atoms with van der Waals surface area (Å²) in [6, 6.07) is 5.81. The number of nitriles is 1. The van der Waals surface area contributed by atoms with Crippen LogP contribution < -0.4 is 0 Å². The van der Waals surface area contributed by atoms with E-state index in [0.29, 0.717) is 18.4 Å². The molecule has 2 aromatic rings. The highest BCUT2D eigenvalue weighted by Gasteiger charge is 2.49. The average Bonchev–Trinajstić information content (AvgIpc) is 3.09. The Kier molecular flexibility index (Phi) is 2.98. The Labute approximate surface area is 120 Å². The molecular formula is C15H12FN3O2. The monoisotopic (exact) mass is 285 g/mol. The zero-order valence-corrected chi connectivity index (χ0v) is 11.3. The quantitative estimate of drug-likeness (QED) is 0.788. The van der Waals surface area contributed by atoms with Crippen molar-refractivity contribution >= 4 is 5.97 Å². The molecule has 1 aromatic heterocycles. The molecule has 0 radical (unpaired) electrons. The van der Waals surface area contributed by atoms with Gasteiger partial charge in [0.05, 0.1) is 25.1 Å². The van der Waals surface area contributed by atoms with E-state index in [1.807, 2.05) is 6.07 Å². The van der Waals surface area contributed by atoms with Crippen LogP contribution in [0, 0.1) is 17.1 Å². The summed E-state index contributed by atoms with van der Waals surface area (Å²) in [5.41, 5.74) is 0.296. The predicted molar refractivity (Wildman–Crippen MR) is 70.8 cm³/mol. The number of imidazole rings is 1. The lowest BCUT2D eigenvalue weighted by atomic mass is 9.84. The summed E-state index contributed by atoms with van der Waals surface area (Å²) in [6.45, 7) is 0. The van der Waals surface area contributed by atoms with Gasteiger partial charge in [-0.05, 0) is 25.0 Å². The molecular weight excluding hydrogens is 273 g/mol. The molecule has 1 aliphatic heterocycles. The van der Waals surface area contributed by atoms with Crippen molar-refractivity contribution in [1.82, 2.24) is 9.55 Å². The molecule has 0 fully saturated rings. The number of rotatable bonds is 2. The number of aryl methyl sites for hydroxylation is 1. The van der Waals surface area contributed by atoms with E-state index in [9.17, 15) is 14.4 Å². The Balaban J connectivity index is 2.30. The first-order chi connectivity index (χ1) is 10.1. The normalized spacial score (nSPS) is 19.9. The second-order valence-corrected chi connectivity index (χ2v) is 4.91. The number of fused-ring (bicyclic) bond motifs is 1. The molecule has 0 spiro atoms. The Bertz CT molecular complexity index is 763. The molecule has 106 valence electrons. The lowest BCUT2D eigenvalue weighted by Crippen LogP contribution is -2.41. The Morgan fingerprint density at radius 3 is 3.10 bits per heavy atom. The number of nitrogens with zero attached hydrogens (tertiary/aromatic N) is 3. The Hall–Kier alpha value is -2.68. The summed E-state index contributed by atoms with van der Waals surface area (Å²) < 4.78 is 20.1. The van der Waals surface area contributed by atoms with E-state index in [1.165, 1.54) is 19.2 Å². The van der Waals surface area contributed by atoms with Crippen LogP contribution in [0.2, 0.25) is 0 Å². The lowest BCUT2D eigenvalue weighted by Gasteiger charge is -2.29. The van der Waals surface area contributed by atoms with Crippen LogP contribution in [0.25, 0.3) is 0 Å². The molecule has 1 aliphatic rings. The maximum atomic E-state index is 13.4. The van der Waals surface area contributed by atoms with E-state index in [0.717, 1.165) is 11.8 Å². The number of halogens is 1. The fourth-order valence-corrected chi connectivity index (χ4v) is 2.99. The van der Waals surface area contributed by atoms with Crippen molar-refractivity contribution in [3.05, 3.63) is 53.4 Å². The first-order valence-corrected chi connectivity index (χ1v) is 6.43. The van der Waals surface area contributed by atoms with Gasteiger partial charge in [-0.3, -0.25) is 0 Å². The highest BCUT2D eigenvalue weighted by molar-refractivity contribution is 5.85. The summed E-state index contributed by atoms with van der Waals surface area (Å²) in [4.78, 5) is 16.5. The van der Waals surface area contributed by atoms with Crippen LogP contribution in [0.3, 0.4) is 0 Å². The molecule has 1 aromatic carbocycles. The molecule has 6 heteroatoms. The van der Waals surface area contributed by atoms with Gasteiger partial charge in [0.2, 0.25) is 0 Å². The van der Waals surface area contributed by atoms with Crippen LogP contribution in [0.4, 0.5) is 4.39 Å². The van der Waals surface area contributed by atoms with Crippen molar-refractivity contribution in [2.45, 2.75) is 18.4 Å². The maximum absolute atomic E-state index is 13.4. The fourth-order valence-electron chi connectivity index (χ4n) is 2.99. The number of benzene rings is 1. The van der Waals surface area contributed by atoms with Gasteiger partial charge in [0.15, 0.2) is 5.54 Å². The zero-order valence-electron chi connectivity index (χ0n) is 11.3. The zero-order chi connectivity index (χ0) is 15.0. The smallest absolute Gasteiger partial charge is 0.336 e. The lowest BCUT2D eigenvalue weighted by molar-refractivity contribution is -0.148. The molecule has 0 N–H and O–H groups in total. The van der Waals surface area contributed by atoms with E-state index in [4.69, 9.17) is 4.74 Å². The Morgan fingerprint density at radius 2 is 2.38 bits per heavy atom. The molecule has 3 rings (SSSR count). The highest BCUT2D eigenvalue weighted by atomic mass is 19.1. The van der Waals surface area contributed by atoms with Gasteiger partial charge in [-0.1, -0.05) is 6.07 Å². The number of ether oxygens (including phenoxy) is 1. The van der Waals surface area contributed by atoms with Gasteiger partial charge in [0, 0.05) is 17.5 Å². The minimum Gasteiger partial charge on any atom is -0.467 e. The van der Waals surface area contributed by atoms with E-state index < -0.39 is 17.3 Å². The fraction of sp³-hybridized carbons (Fsp3) is 0.267. The van der Waals surface area contributed by atoms with E-state index in [2.05, 4.69) is 4.98 Å². The van der Waals surface area contributed by atoms with Crippen molar-refractivity contribution in [2.75, 3.05) is 7.11 Å². The molecule has 0 aliphatic carbocycles. The summed E-state index contributed by atoms with van der Waals surface area (Å²) in [5, 5.41) is 9.28. The number of hydrogen-bond donors (Lipinski definition) is 0. The third-order valence-corrected chi connectivity index (χ3v) is 3.94. The topological polar surface area (TPSA) is 67.9 Å². The van der Waals surface area contributed by atoms with Gasteiger partial charge in [0.25, 0.3) is 0 Å². The van der Waals surface area contributed by atoms with Gasteiger partial charge < -0.3 is 9.30 Å². The molecule has 0 saturated carbocycles. The number of methoxy groups -OCH3 is 1. The second-order valence-electron chi connectivity index (χ2n) is 4.91. The van der Waals surface area contributed by atoms with E-state index in [-0.39, 0.29) is 5.56 Å². The SMILES string of the molecule is COC(=O)C1(c2ccc(F)cc2C#N)CCc2cncn21. The molecule has 1 unspecified atom stereocenters. The van der Waals surface area contributed by atoms with Crippen molar-refractivity contribution in [1.29, 1.82) is 5.26 Å².